The highest BCUT2D eigenvalue weighted by atomic mass is 16.5. The molecule has 1 unspecified atom stereocenters. The molecule has 6 nitrogen and oxygen atoms in total. The average molecular weight is 253 g/mol. The number of ether oxygens (including phenoxy) is 1. The highest BCUT2D eigenvalue weighted by molar-refractivity contribution is 5.87. The Bertz CT molecular complexity index is 407. The molecule has 18 heavy (non-hydrogen) atoms. The highest BCUT2D eigenvalue weighted by Gasteiger charge is 2.19. The van der Waals surface area contributed by atoms with Crippen LogP contribution in [0.1, 0.15) is 37.2 Å². The van der Waals surface area contributed by atoms with Crippen molar-refractivity contribution in [2.24, 2.45) is 0 Å². The quantitative estimate of drug-likeness (QED) is 0.742. The predicted molar refractivity (Wildman–Crippen MR) is 67.4 cm³/mol. The molecule has 6 heteroatoms. The van der Waals surface area contributed by atoms with Crippen molar-refractivity contribution in [1.82, 2.24) is 9.97 Å². The van der Waals surface area contributed by atoms with E-state index >= 15 is 0 Å². The van der Waals surface area contributed by atoms with Gasteiger partial charge in [0, 0.05) is 6.54 Å². The Morgan fingerprint density at radius 2 is 2.28 bits per heavy atom. The molecule has 0 aliphatic rings. The zero-order valence-corrected chi connectivity index (χ0v) is 10.9. The summed E-state index contributed by atoms with van der Waals surface area (Å²) in [6, 6.07) is 0. The summed E-state index contributed by atoms with van der Waals surface area (Å²) in [5, 5.41) is 13.0. The number of hydrogen-bond acceptors (Lipinski definition) is 6. The Hall–Kier alpha value is -1.69. The van der Waals surface area contributed by atoms with E-state index in [0.29, 0.717) is 18.8 Å². The van der Waals surface area contributed by atoms with Gasteiger partial charge >= 0.3 is 5.97 Å². The van der Waals surface area contributed by atoms with E-state index in [4.69, 9.17) is 0 Å². The number of esters is 1. The standard InChI is InChI=1S/C12H19N3O3/c1-4-5-12(2,17)8-14-10-7-13-6-9(15-10)11(16)18-3/h6-7,17H,4-5,8H2,1-3H3,(H,14,15). The first-order valence-electron chi connectivity index (χ1n) is 5.85. The number of aliphatic hydroxyl groups is 1. The van der Waals surface area contributed by atoms with Gasteiger partial charge < -0.3 is 15.2 Å². The summed E-state index contributed by atoms with van der Waals surface area (Å²) >= 11 is 0. The molecule has 1 atom stereocenters. The molecule has 0 fully saturated rings. The van der Waals surface area contributed by atoms with Crippen molar-refractivity contribution in [2.45, 2.75) is 32.3 Å². The second-order valence-corrected chi connectivity index (χ2v) is 4.38. The maximum absolute atomic E-state index is 11.3. The Labute approximate surface area is 106 Å². The molecule has 0 spiro atoms. The van der Waals surface area contributed by atoms with Crippen molar-refractivity contribution >= 4 is 11.8 Å². The third-order valence-corrected chi connectivity index (χ3v) is 2.47. The molecule has 1 aromatic heterocycles. The minimum Gasteiger partial charge on any atom is -0.464 e. The number of hydrogen-bond donors (Lipinski definition) is 2. The van der Waals surface area contributed by atoms with E-state index in [2.05, 4.69) is 20.0 Å². The van der Waals surface area contributed by atoms with Crippen LogP contribution in [0.15, 0.2) is 12.4 Å². The van der Waals surface area contributed by atoms with Crippen LogP contribution in [-0.2, 0) is 4.74 Å². The van der Waals surface area contributed by atoms with E-state index < -0.39 is 11.6 Å². The molecule has 1 heterocycles. The first-order valence-corrected chi connectivity index (χ1v) is 5.85. The van der Waals surface area contributed by atoms with Gasteiger partial charge in [-0.3, -0.25) is 4.98 Å². The summed E-state index contributed by atoms with van der Waals surface area (Å²) in [5.41, 5.74) is -0.671. The maximum Gasteiger partial charge on any atom is 0.358 e. The predicted octanol–water partition coefficient (Wildman–Crippen LogP) is 1.23. The summed E-state index contributed by atoms with van der Waals surface area (Å²) in [7, 11) is 1.29. The number of methoxy groups -OCH3 is 1. The minimum absolute atomic E-state index is 0.137. The lowest BCUT2D eigenvalue weighted by Gasteiger charge is -2.23. The molecule has 0 aromatic carbocycles. The molecule has 0 amide bonds. The molecule has 0 aliphatic carbocycles. The van der Waals surface area contributed by atoms with E-state index in [1.54, 1.807) is 6.92 Å². The summed E-state index contributed by atoms with van der Waals surface area (Å²) in [4.78, 5) is 19.2. The lowest BCUT2D eigenvalue weighted by atomic mass is 10.0. The average Bonchev–Trinajstić information content (AvgIpc) is 2.36. The van der Waals surface area contributed by atoms with E-state index in [9.17, 15) is 9.90 Å². The fraction of sp³-hybridized carbons (Fsp3) is 0.583. The van der Waals surface area contributed by atoms with Gasteiger partial charge in [0.15, 0.2) is 5.69 Å². The van der Waals surface area contributed by atoms with Crippen LogP contribution in [0.3, 0.4) is 0 Å². The molecule has 0 saturated carbocycles. The van der Waals surface area contributed by atoms with E-state index in [1.807, 2.05) is 6.92 Å². The molecule has 0 aliphatic heterocycles. The first kappa shape index (κ1) is 14.4. The van der Waals surface area contributed by atoms with Crippen molar-refractivity contribution in [3.05, 3.63) is 18.1 Å². The van der Waals surface area contributed by atoms with Gasteiger partial charge in [-0.25, -0.2) is 9.78 Å². The van der Waals surface area contributed by atoms with Crippen molar-refractivity contribution in [3.63, 3.8) is 0 Å². The second kappa shape index (κ2) is 6.30. The number of nitrogens with zero attached hydrogens (tertiary/aromatic N) is 2. The number of carbonyl (C=O) groups is 1. The SMILES string of the molecule is CCCC(C)(O)CNc1cncc(C(=O)OC)n1. The summed E-state index contributed by atoms with van der Waals surface area (Å²) in [6.07, 6.45) is 4.41. The van der Waals surface area contributed by atoms with Gasteiger partial charge in [-0.1, -0.05) is 13.3 Å². The van der Waals surface area contributed by atoms with Crippen LogP contribution < -0.4 is 5.32 Å². The Balaban J connectivity index is 2.65. The summed E-state index contributed by atoms with van der Waals surface area (Å²) < 4.78 is 4.56. The van der Waals surface area contributed by atoms with Crippen LogP contribution in [0.5, 0.6) is 0 Å². The molecule has 1 aromatic rings. The Morgan fingerprint density at radius 1 is 1.56 bits per heavy atom. The van der Waals surface area contributed by atoms with Gasteiger partial charge in [0.2, 0.25) is 0 Å². The monoisotopic (exact) mass is 253 g/mol. The minimum atomic E-state index is -0.808. The van der Waals surface area contributed by atoms with Gasteiger partial charge in [-0.05, 0) is 13.3 Å². The summed E-state index contributed by atoms with van der Waals surface area (Å²) in [6.45, 7) is 4.10. The van der Waals surface area contributed by atoms with E-state index in [0.717, 1.165) is 6.42 Å². The Kier molecular flexibility index (Phi) is 5.03. The third kappa shape index (κ3) is 4.29. The lowest BCUT2D eigenvalue weighted by Crippen LogP contribution is -2.33. The normalized spacial score (nSPS) is 13.8. The Morgan fingerprint density at radius 3 is 2.89 bits per heavy atom. The molecule has 100 valence electrons. The largest absolute Gasteiger partial charge is 0.464 e. The number of carbonyl (C=O) groups excluding carboxylic acids is 1. The second-order valence-electron chi connectivity index (χ2n) is 4.38. The van der Waals surface area contributed by atoms with Crippen molar-refractivity contribution < 1.29 is 14.6 Å². The smallest absolute Gasteiger partial charge is 0.358 e. The van der Waals surface area contributed by atoms with Gasteiger partial charge in [0.25, 0.3) is 0 Å². The van der Waals surface area contributed by atoms with Gasteiger partial charge in [-0.15, -0.1) is 0 Å². The fourth-order valence-corrected chi connectivity index (χ4v) is 1.56. The van der Waals surface area contributed by atoms with Gasteiger partial charge in [-0.2, -0.15) is 0 Å². The fourth-order valence-electron chi connectivity index (χ4n) is 1.56. The molecule has 2 N–H and O–H groups in total. The zero-order chi connectivity index (χ0) is 13.6. The van der Waals surface area contributed by atoms with Crippen molar-refractivity contribution in [3.8, 4) is 0 Å². The van der Waals surface area contributed by atoms with Crippen LogP contribution in [0.25, 0.3) is 0 Å². The van der Waals surface area contributed by atoms with Gasteiger partial charge in [0.1, 0.15) is 5.82 Å². The maximum atomic E-state index is 11.3. The molecule has 0 bridgehead atoms. The molecular weight excluding hydrogens is 234 g/mol. The van der Waals surface area contributed by atoms with Crippen LogP contribution in [-0.4, -0.2) is 40.3 Å². The number of anilines is 1. The molecular formula is C12H19N3O3. The lowest BCUT2D eigenvalue weighted by molar-refractivity contribution is 0.0593. The van der Waals surface area contributed by atoms with Gasteiger partial charge in [0.05, 0.1) is 25.1 Å². The van der Waals surface area contributed by atoms with Crippen LogP contribution >= 0.6 is 0 Å². The van der Waals surface area contributed by atoms with Crippen LogP contribution in [0.2, 0.25) is 0 Å². The molecule has 1 rings (SSSR count). The third-order valence-electron chi connectivity index (χ3n) is 2.47. The topological polar surface area (TPSA) is 84.3 Å². The molecule has 0 saturated heterocycles. The number of rotatable bonds is 6. The van der Waals surface area contributed by atoms with E-state index in [-0.39, 0.29) is 5.69 Å². The van der Waals surface area contributed by atoms with Crippen molar-refractivity contribution in [1.29, 1.82) is 0 Å². The van der Waals surface area contributed by atoms with Crippen molar-refractivity contribution in [2.75, 3.05) is 19.0 Å². The number of nitrogens with one attached hydrogen (secondary N) is 1. The zero-order valence-electron chi connectivity index (χ0n) is 10.9. The van der Waals surface area contributed by atoms with Crippen LogP contribution in [0, 0.1) is 0 Å². The summed E-state index contributed by atoms with van der Waals surface area (Å²) in [5.74, 6) is -0.0965. The molecule has 0 radical (unpaired) electrons. The first-order chi connectivity index (χ1) is 8.48. The number of aromatic nitrogens is 2. The van der Waals surface area contributed by atoms with Crippen LogP contribution in [0.4, 0.5) is 5.82 Å². The van der Waals surface area contributed by atoms with E-state index in [1.165, 1.54) is 19.5 Å². The highest BCUT2D eigenvalue weighted by Crippen LogP contribution is 2.13.